The third kappa shape index (κ3) is 2.25. The standard InChI is InChI=1S/C34H66/c1-23(2)25(5,6)29(13,14)33(21,30(15,16)26(23,7)8)34(22)31(17,18)27(9,10)24(3,4)28(11,12)32(34,19)20/h1-22H3. The molecule has 0 N–H and O–H groups in total. The van der Waals surface area contributed by atoms with E-state index in [0.717, 1.165) is 0 Å². The molecule has 0 saturated heterocycles. The van der Waals surface area contributed by atoms with Gasteiger partial charge in [0.25, 0.3) is 0 Å². The zero-order valence-corrected chi connectivity index (χ0v) is 28.0. The van der Waals surface area contributed by atoms with Crippen molar-refractivity contribution in [2.75, 3.05) is 0 Å². The van der Waals surface area contributed by atoms with E-state index < -0.39 is 0 Å². The Kier molecular flexibility index (Phi) is 5.79. The van der Waals surface area contributed by atoms with Crippen molar-refractivity contribution >= 4 is 0 Å². The van der Waals surface area contributed by atoms with Crippen molar-refractivity contribution in [3.63, 3.8) is 0 Å². The van der Waals surface area contributed by atoms with Crippen LogP contribution >= 0.6 is 0 Å². The Morgan fingerprint density at radius 3 is 0.353 bits per heavy atom. The van der Waals surface area contributed by atoms with Crippen LogP contribution in [0.4, 0.5) is 0 Å². The van der Waals surface area contributed by atoms with Gasteiger partial charge in [-0.05, 0) is 65.0 Å². The van der Waals surface area contributed by atoms with E-state index in [1.807, 2.05) is 0 Å². The highest BCUT2D eigenvalue weighted by Crippen LogP contribution is 2.90. The number of hydrogen-bond donors (Lipinski definition) is 0. The second-order valence-corrected chi connectivity index (χ2v) is 18.5. The van der Waals surface area contributed by atoms with Crippen molar-refractivity contribution < 1.29 is 0 Å². The Bertz CT molecular complexity index is 712. The Hall–Kier alpha value is 0. The molecule has 0 unspecified atom stereocenters. The van der Waals surface area contributed by atoms with Crippen molar-refractivity contribution in [2.45, 2.75) is 152 Å². The van der Waals surface area contributed by atoms with Gasteiger partial charge in [0.15, 0.2) is 0 Å². The fraction of sp³-hybridized carbons (Fsp3) is 1.00. The van der Waals surface area contributed by atoms with E-state index >= 15 is 0 Å². The van der Waals surface area contributed by atoms with Gasteiger partial charge in [-0.25, -0.2) is 0 Å². The molecule has 34 heavy (non-hydrogen) atoms. The lowest BCUT2D eigenvalue weighted by Gasteiger charge is -2.88. The van der Waals surface area contributed by atoms with Crippen LogP contribution in [0.1, 0.15) is 152 Å². The molecule has 2 fully saturated rings. The minimum absolute atomic E-state index is 0.0492. The SMILES string of the molecule is CC1(C)C(C)(C)C(C)(C)C(C)(C2(C)C(C)(C)C(C)(C)C(C)(C)C(C)(C)C2(C)C)C(C)(C)C1(C)C. The van der Waals surface area contributed by atoms with Gasteiger partial charge in [-0.3, -0.25) is 0 Å². The Morgan fingerprint density at radius 2 is 0.235 bits per heavy atom. The predicted molar refractivity (Wildman–Crippen MR) is 154 cm³/mol. The average molecular weight is 475 g/mol. The van der Waals surface area contributed by atoms with Gasteiger partial charge < -0.3 is 0 Å². The van der Waals surface area contributed by atoms with E-state index in [-0.39, 0.29) is 65.0 Å². The molecule has 2 aliphatic rings. The second-order valence-electron chi connectivity index (χ2n) is 18.5. The lowest BCUT2D eigenvalue weighted by Crippen LogP contribution is -2.83. The van der Waals surface area contributed by atoms with Crippen molar-refractivity contribution in [3.05, 3.63) is 0 Å². The van der Waals surface area contributed by atoms with E-state index in [1.54, 1.807) is 0 Å². The molecule has 0 bridgehead atoms. The highest BCUT2D eigenvalue weighted by atomic mass is 14.9. The maximum Gasteiger partial charge on any atom is -0.0148 e. The summed E-state index contributed by atoms with van der Waals surface area (Å²) in [6, 6.07) is 0. The maximum absolute atomic E-state index is 2.74. The monoisotopic (exact) mass is 475 g/mol. The van der Waals surface area contributed by atoms with Crippen LogP contribution in [-0.2, 0) is 0 Å². The topological polar surface area (TPSA) is 0 Å². The van der Waals surface area contributed by atoms with Crippen LogP contribution in [0.3, 0.4) is 0 Å². The molecular weight excluding hydrogens is 408 g/mol. The van der Waals surface area contributed by atoms with Crippen LogP contribution in [0.5, 0.6) is 0 Å². The van der Waals surface area contributed by atoms with Crippen molar-refractivity contribution in [2.24, 2.45) is 65.0 Å². The first kappa shape index (κ1) is 30.2. The van der Waals surface area contributed by atoms with Gasteiger partial charge in [0.1, 0.15) is 0 Å². The van der Waals surface area contributed by atoms with Gasteiger partial charge >= 0.3 is 0 Å². The Balaban J connectivity index is 3.27. The molecule has 202 valence electrons. The van der Waals surface area contributed by atoms with Gasteiger partial charge in [-0.1, -0.05) is 152 Å². The van der Waals surface area contributed by atoms with Crippen LogP contribution in [0.15, 0.2) is 0 Å². The van der Waals surface area contributed by atoms with Gasteiger partial charge in [0, 0.05) is 0 Å². The van der Waals surface area contributed by atoms with E-state index in [0.29, 0.717) is 0 Å². The van der Waals surface area contributed by atoms with Gasteiger partial charge in [-0.15, -0.1) is 0 Å². The molecule has 0 nitrogen and oxygen atoms in total. The molecule has 2 aliphatic carbocycles. The molecule has 0 aromatic rings. The third-order valence-electron chi connectivity index (χ3n) is 18.5. The summed E-state index contributed by atoms with van der Waals surface area (Å²) in [5.74, 6) is 0. The second kappa shape index (κ2) is 6.52. The minimum atomic E-state index is 0.0492. The minimum Gasteiger partial charge on any atom is -0.0588 e. The molecule has 0 heterocycles. The highest BCUT2D eigenvalue weighted by Gasteiger charge is 2.85. The summed E-state index contributed by atoms with van der Waals surface area (Å²) in [5, 5.41) is 0. The summed E-state index contributed by atoms with van der Waals surface area (Å²) in [6.07, 6.45) is 0. The Labute approximate surface area is 217 Å². The molecule has 0 aliphatic heterocycles. The van der Waals surface area contributed by atoms with Gasteiger partial charge in [0.05, 0.1) is 0 Å². The molecule has 0 aromatic heterocycles. The normalized spacial score (nSPS) is 35.8. The molecule has 0 atom stereocenters. The molecule has 0 radical (unpaired) electrons. The molecule has 0 spiro atoms. The maximum atomic E-state index is 2.74. The average Bonchev–Trinajstić information content (AvgIpc) is 2.63. The first-order valence-corrected chi connectivity index (χ1v) is 14.2. The van der Waals surface area contributed by atoms with E-state index in [9.17, 15) is 0 Å². The zero-order chi connectivity index (χ0) is 28.0. The summed E-state index contributed by atoms with van der Waals surface area (Å²) >= 11 is 0. The fourth-order valence-electron chi connectivity index (χ4n) is 11.2. The van der Waals surface area contributed by atoms with Crippen LogP contribution in [0.2, 0.25) is 0 Å². The molecule has 0 heteroatoms. The molecule has 0 amide bonds. The fourth-order valence-corrected chi connectivity index (χ4v) is 11.2. The first-order valence-electron chi connectivity index (χ1n) is 14.2. The lowest BCUT2D eigenvalue weighted by atomic mass is 9.16. The van der Waals surface area contributed by atoms with Crippen LogP contribution in [0, 0.1) is 65.0 Å². The van der Waals surface area contributed by atoms with E-state index in [1.165, 1.54) is 0 Å². The van der Waals surface area contributed by atoms with Gasteiger partial charge in [0.2, 0.25) is 0 Å². The molecule has 2 rings (SSSR count). The van der Waals surface area contributed by atoms with Gasteiger partial charge in [-0.2, -0.15) is 0 Å². The van der Waals surface area contributed by atoms with Crippen molar-refractivity contribution in [1.29, 1.82) is 0 Å². The van der Waals surface area contributed by atoms with Crippen molar-refractivity contribution in [1.82, 2.24) is 0 Å². The summed E-state index contributed by atoms with van der Waals surface area (Å²) < 4.78 is 0. The smallest absolute Gasteiger partial charge is 0.0148 e. The largest absolute Gasteiger partial charge is 0.0588 e. The zero-order valence-electron chi connectivity index (χ0n) is 28.0. The Morgan fingerprint density at radius 1 is 0.147 bits per heavy atom. The molecule has 0 aromatic carbocycles. The third-order valence-corrected chi connectivity index (χ3v) is 18.5. The summed E-state index contributed by atoms with van der Waals surface area (Å²) in [5.41, 5.74) is 1.41. The van der Waals surface area contributed by atoms with Crippen LogP contribution < -0.4 is 0 Å². The summed E-state index contributed by atoms with van der Waals surface area (Å²) in [6.45, 7) is 57.6. The number of hydrogen-bond acceptors (Lipinski definition) is 0. The quantitative estimate of drug-likeness (QED) is 0.354. The molecular formula is C34H66. The molecule has 2 saturated carbocycles. The van der Waals surface area contributed by atoms with E-state index in [4.69, 9.17) is 0 Å². The highest BCUT2D eigenvalue weighted by molar-refractivity contribution is 5.32. The first-order chi connectivity index (χ1) is 14.2. The lowest BCUT2D eigenvalue weighted by molar-refractivity contribution is -0.405. The summed E-state index contributed by atoms with van der Waals surface area (Å²) in [7, 11) is 0. The number of rotatable bonds is 1. The van der Waals surface area contributed by atoms with E-state index in [2.05, 4.69) is 152 Å². The summed E-state index contributed by atoms with van der Waals surface area (Å²) in [4.78, 5) is 0. The van der Waals surface area contributed by atoms with Crippen LogP contribution in [-0.4, -0.2) is 0 Å². The predicted octanol–water partition coefficient (Wildman–Crippen LogP) is 11.3. The van der Waals surface area contributed by atoms with Crippen molar-refractivity contribution in [3.8, 4) is 0 Å². The van der Waals surface area contributed by atoms with Crippen LogP contribution in [0.25, 0.3) is 0 Å².